The maximum absolute atomic E-state index is 6.17. The van der Waals surface area contributed by atoms with Gasteiger partial charge in [0.2, 0.25) is 0 Å². The largest absolute Gasteiger partial charge is 0.394 e. The number of aromatic nitrogens is 2. The Morgan fingerprint density at radius 3 is 2.41 bits per heavy atom. The molecule has 0 saturated heterocycles. The first-order chi connectivity index (χ1) is 10.7. The van der Waals surface area contributed by atoms with Crippen LogP contribution >= 0.6 is 23.4 Å². The predicted molar refractivity (Wildman–Crippen MR) is 91.7 cm³/mol. The Labute approximate surface area is 137 Å². The average Bonchev–Trinajstić information content (AvgIpc) is 2.54. The number of para-hydroxylation sites is 1. The number of hydrogen-bond acceptors (Lipinski definition) is 5. The van der Waals surface area contributed by atoms with Crippen molar-refractivity contribution >= 4 is 40.6 Å². The number of benzene rings is 2. The zero-order valence-corrected chi connectivity index (χ0v) is 13.1. The molecule has 0 fully saturated rings. The fourth-order valence-corrected chi connectivity index (χ4v) is 2.76. The molecule has 0 atom stereocenters. The lowest BCUT2D eigenvalue weighted by Crippen LogP contribution is -2.02. The van der Waals surface area contributed by atoms with Crippen LogP contribution < -0.4 is 11.1 Å². The first kappa shape index (κ1) is 14.7. The molecule has 2 aromatic carbocycles. The first-order valence-electron chi connectivity index (χ1n) is 6.58. The molecule has 0 saturated carbocycles. The van der Waals surface area contributed by atoms with E-state index < -0.39 is 0 Å². The number of nitrogen functional groups attached to an aromatic ring is 1. The van der Waals surface area contributed by atoms with Crippen LogP contribution in [0.2, 0.25) is 5.02 Å². The Kier molecular flexibility index (Phi) is 4.46. The number of nitrogens with zero attached hydrogens (tertiary/aromatic N) is 2. The van der Waals surface area contributed by atoms with Gasteiger partial charge in [-0.3, -0.25) is 0 Å². The molecular formula is C16H13ClN4S. The van der Waals surface area contributed by atoms with Crippen LogP contribution in [0.3, 0.4) is 0 Å². The lowest BCUT2D eigenvalue weighted by atomic mass is 10.3. The lowest BCUT2D eigenvalue weighted by Gasteiger charge is -2.10. The molecule has 0 spiro atoms. The highest BCUT2D eigenvalue weighted by Crippen LogP contribution is 2.34. The van der Waals surface area contributed by atoms with Gasteiger partial charge >= 0.3 is 0 Å². The second-order valence-electron chi connectivity index (χ2n) is 4.49. The number of rotatable bonds is 4. The van der Waals surface area contributed by atoms with E-state index in [0.29, 0.717) is 21.6 Å². The molecular weight excluding hydrogens is 316 g/mol. The van der Waals surface area contributed by atoms with Crippen LogP contribution in [-0.2, 0) is 0 Å². The van der Waals surface area contributed by atoms with E-state index in [-0.39, 0.29) is 0 Å². The van der Waals surface area contributed by atoms with Gasteiger partial charge in [0.05, 0.1) is 0 Å². The first-order valence-corrected chi connectivity index (χ1v) is 7.78. The van der Waals surface area contributed by atoms with Crippen molar-refractivity contribution in [3.63, 3.8) is 0 Å². The molecule has 0 amide bonds. The van der Waals surface area contributed by atoms with Gasteiger partial charge in [0.25, 0.3) is 0 Å². The molecule has 0 aliphatic rings. The Hall–Kier alpha value is -2.24. The second-order valence-corrected chi connectivity index (χ2v) is 5.99. The summed E-state index contributed by atoms with van der Waals surface area (Å²) in [6, 6.07) is 17.3. The lowest BCUT2D eigenvalue weighted by molar-refractivity contribution is 1.06. The van der Waals surface area contributed by atoms with Gasteiger partial charge < -0.3 is 11.1 Å². The number of hydrogen-bond donors (Lipinski definition) is 2. The smallest absolute Gasteiger partial charge is 0.158 e. The molecule has 0 aliphatic heterocycles. The van der Waals surface area contributed by atoms with E-state index in [1.807, 2.05) is 54.6 Å². The monoisotopic (exact) mass is 328 g/mol. The highest BCUT2D eigenvalue weighted by molar-refractivity contribution is 7.99. The van der Waals surface area contributed by atoms with Crippen molar-refractivity contribution in [1.82, 2.24) is 9.97 Å². The van der Waals surface area contributed by atoms with Crippen LogP contribution in [0.1, 0.15) is 0 Å². The zero-order chi connectivity index (χ0) is 15.4. The third kappa shape index (κ3) is 3.50. The molecule has 0 bridgehead atoms. The maximum atomic E-state index is 6.17. The minimum Gasteiger partial charge on any atom is -0.394 e. The molecule has 0 radical (unpaired) electrons. The van der Waals surface area contributed by atoms with Crippen LogP contribution in [0.5, 0.6) is 0 Å². The molecule has 22 heavy (non-hydrogen) atoms. The summed E-state index contributed by atoms with van der Waals surface area (Å²) < 4.78 is 0. The van der Waals surface area contributed by atoms with E-state index in [1.165, 1.54) is 18.1 Å². The van der Waals surface area contributed by atoms with E-state index in [0.717, 1.165) is 10.6 Å². The van der Waals surface area contributed by atoms with Gasteiger partial charge in [-0.2, -0.15) is 0 Å². The van der Waals surface area contributed by atoms with Gasteiger partial charge in [-0.05, 0) is 36.4 Å². The summed E-state index contributed by atoms with van der Waals surface area (Å²) in [7, 11) is 0. The van der Waals surface area contributed by atoms with Gasteiger partial charge in [-0.1, -0.05) is 41.6 Å². The van der Waals surface area contributed by atoms with Crippen LogP contribution in [0.4, 0.5) is 17.2 Å². The van der Waals surface area contributed by atoms with E-state index in [1.54, 1.807) is 0 Å². The van der Waals surface area contributed by atoms with Crippen LogP contribution in [-0.4, -0.2) is 9.97 Å². The minimum atomic E-state index is 0.520. The van der Waals surface area contributed by atoms with E-state index in [9.17, 15) is 0 Å². The van der Waals surface area contributed by atoms with E-state index >= 15 is 0 Å². The molecule has 1 aromatic heterocycles. The Morgan fingerprint density at radius 1 is 0.955 bits per heavy atom. The fourth-order valence-electron chi connectivity index (χ4n) is 1.83. The highest BCUT2D eigenvalue weighted by Gasteiger charge is 2.10. The van der Waals surface area contributed by atoms with Crippen molar-refractivity contribution in [3.8, 4) is 0 Å². The molecule has 3 rings (SSSR count). The number of nitrogens with two attached hydrogens (primary N) is 1. The summed E-state index contributed by atoms with van der Waals surface area (Å²) in [5.74, 6) is 0.595. The molecule has 0 aliphatic carbocycles. The van der Waals surface area contributed by atoms with E-state index in [4.69, 9.17) is 17.3 Å². The highest BCUT2D eigenvalue weighted by atomic mass is 35.5. The number of anilines is 3. The number of nitrogens with one attached hydrogen (secondary N) is 1. The quantitative estimate of drug-likeness (QED) is 0.685. The van der Waals surface area contributed by atoms with Gasteiger partial charge in [-0.25, -0.2) is 9.97 Å². The predicted octanol–water partition coefficient (Wildman–Crippen LogP) is 4.61. The molecule has 1 heterocycles. The number of halogens is 1. The van der Waals surface area contributed by atoms with Crippen molar-refractivity contribution in [3.05, 3.63) is 65.9 Å². The Bertz CT molecular complexity index is 763. The minimum absolute atomic E-state index is 0.520. The summed E-state index contributed by atoms with van der Waals surface area (Å²) in [6.45, 7) is 0. The summed E-state index contributed by atoms with van der Waals surface area (Å²) in [5, 5.41) is 4.60. The fraction of sp³-hybridized carbons (Fsp3) is 0. The van der Waals surface area contributed by atoms with Crippen molar-refractivity contribution in [1.29, 1.82) is 0 Å². The standard InChI is InChI=1S/C16H13ClN4S/c17-11-6-8-13(9-7-11)22-16-14(18)15(19-10-20-16)21-12-4-2-1-3-5-12/h1-10H,18H2,(H,19,20,21). The summed E-state index contributed by atoms with van der Waals surface area (Å²) in [4.78, 5) is 9.47. The summed E-state index contributed by atoms with van der Waals surface area (Å²) in [6.07, 6.45) is 1.50. The average molecular weight is 329 g/mol. The second kappa shape index (κ2) is 6.68. The molecule has 110 valence electrons. The van der Waals surface area contributed by atoms with Crippen molar-refractivity contribution in [2.75, 3.05) is 11.1 Å². The van der Waals surface area contributed by atoms with Crippen LogP contribution in [0.25, 0.3) is 0 Å². The molecule has 6 heteroatoms. The van der Waals surface area contributed by atoms with Crippen molar-refractivity contribution in [2.24, 2.45) is 0 Å². The normalized spacial score (nSPS) is 10.4. The molecule has 0 unspecified atom stereocenters. The summed E-state index contributed by atoms with van der Waals surface area (Å²) >= 11 is 7.36. The molecule has 4 nitrogen and oxygen atoms in total. The third-order valence-corrected chi connectivity index (χ3v) is 4.19. The van der Waals surface area contributed by atoms with Crippen LogP contribution in [0, 0.1) is 0 Å². The van der Waals surface area contributed by atoms with E-state index in [2.05, 4.69) is 15.3 Å². The topological polar surface area (TPSA) is 63.8 Å². The van der Waals surface area contributed by atoms with Gasteiger partial charge in [-0.15, -0.1) is 0 Å². The zero-order valence-electron chi connectivity index (χ0n) is 11.5. The van der Waals surface area contributed by atoms with Crippen LogP contribution in [0.15, 0.2) is 70.8 Å². The summed E-state index contributed by atoms with van der Waals surface area (Å²) in [5.41, 5.74) is 7.62. The van der Waals surface area contributed by atoms with Crippen molar-refractivity contribution < 1.29 is 0 Å². The third-order valence-electron chi connectivity index (χ3n) is 2.91. The molecule has 3 N–H and O–H groups in total. The van der Waals surface area contributed by atoms with Gasteiger partial charge in [0.1, 0.15) is 17.0 Å². The SMILES string of the molecule is Nc1c(Nc2ccccc2)ncnc1Sc1ccc(Cl)cc1. The maximum Gasteiger partial charge on any atom is 0.158 e. The molecule has 3 aromatic rings. The Balaban J connectivity index is 1.84. The van der Waals surface area contributed by atoms with Gasteiger partial charge in [0, 0.05) is 15.6 Å². The Morgan fingerprint density at radius 2 is 1.68 bits per heavy atom. The van der Waals surface area contributed by atoms with Crippen molar-refractivity contribution in [2.45, 2.75) is 9.92 Å². The van der Waals surface area contributed by atoms with Gasteiger partial charge in [0.15, 0.2) is 5.82 Å².